The average molecular weight is 665 g/mol. The van der Waals surface area contributed by atoms with Crippen LogP contribution >= 0.6 is 0 Å². The fourth-order valence-corrected chi connectivity index (χ4v) is 9.63. The number of aryl methyl sites for hydroxylation is 3. The van der Waals surface area contributed by atoms with E-state index in [1.165, 1.54) is 0 Å². The van der Waals surface area contributed by atoms with Crippen LogP contribution in [0.4, 0.5) is 0 Å². The molecule has 1 aromatic rings. The molecule has 1 saturated heterocycles. The lowest BCUT2D eigenvalue weighted by Crippen LogP contribution is -2.53. The first-order valence-electron chi connectivity index (χ1n) is 15.4. The monoisotopic (exact) mass is 664 g/mol. The highest BCUT2D eigenvalue weighted by atomic mass is 32.2. The van der Waals surface area contributed by atoms with Crippen LogP contribution in [0.3, 0.4) is 0 Å². The number of amidine groups is 1. The molecule has 1 unspecified atom stereocenters. The van der Waals surface area contributed by atoms with Crippen molar-refractivity contribution in [2.75, 3.05) is 13.3 Å². The summed E-state index contributed by atoms with van der Waals surface area (Å²) < 4.78 is 48.3. The summed E-state index contributed by atoms with van der Waals surface area (Å²) in [4.78, 5) is 14.8. The molecule has 1 N–H and O–H groups in total. The smallest absolute Gasteiger partial charge is 0.313 e. The van der Waals surface area contributed by atoms with E-state index in [1.54, 1.807) is 26.0 Å². The van der Waals surface area contributed by atoms with Gasteiger partial charge in [0.2, 0.25) is 9.84 Å². The molecule has 0 aromatic heterocycles. The Morgan fingerprint density at radius 1 is 1.02 bits per heavy atom. The Morgan fingerprint density at radius 3 is 2.14 bits per heavy atom. The van der Waals surface area contributed by atoms with Crippen LogP contribution in [-0.2, 0) is 23.4 Å². The van der Waals surface area contributed by atoms with Crippen molar-refractivity contribution in [2.45, 2.75) is 133 Å². The molecule has 0 saturated carbocycles. The first-order chi connectivity index (χ1) is 19.9. The number of aliphatic hydroxyl groups is 1. The van der Waals surface area contributed by atoms with Crippen LogP contribution in [0.1, 0.15) is 64.7 Å². The molecule has 1 aromatic carbocycles. The predicted molar refractivity (Wildman–Crippen MR) is 181 cm³/mol. The van der Waals surface area contributed by atoms with Gasteiger partial charge in [0.05, 0.1) is 17.6 Å². The van der Waals surface area contributed by atoms with E-state index in [0.717, 1.165) is 11.9 Å². The maximum atomic E-state index is 14.1. The molecule has 1 fully saturated rings. The van der Waals surface area contributed by atoms with E-state index in [2.05, 4.69) is 82.7 Å². The highest BCUT2D eigenvalue weighted by Crippen LogP contribution is 2.42. The highest BCUT2D eigenvalue weighted by molar-refractivity contribution is 7.93. The number of hydrogen-bond acceptors (Lipinski definition) is 10. The van der Waals surface area contributed by atoms with Gasteiger partial charge in [0.1, 0.15) is 25.3 Å². The van der Waals surface area contributed by atoms with Gasteiger partial charge in [-0.25, -0.2) is 18.4 Å². The number of aliphatic imine (C=N–C) groups is 3. The zero-order chi connectivity index (χ0) is 33.3. The van der Waals surface area contributed by atoms with Gasteiger partial charge in [-0.3, -0.25) is 4.99 Å². The van der Waals surface area contributed by atoms with E-state index in [-0.39, 0.29) is 45.4 Å². The third-order valence-electron chi connectivity index (χ3n) is 10.0. The molecule has 0 radical (unpaired) electrons. The summed E-state index contributed by atoms with van der Waals surface area (Å²) in [5.41, 5.74) is 1.93. The third-order valence-corrected chi connectivity index (χ3v) is 21.3. The highest BCUT2D eigenvalue weighted by Gasteiger charge is 2.56. The Bertz CT molecular complexity index is 1470. The minimum Gasteiger partial charge on any atom is -0.414 e. The second-order valence-corrected chi connectivity index (χ2v) is 27.1. The van der Waals surface area contributed by atoms with E-state index in [1.807, 2.05) is 11.8 Å². The Hall–Kier alpha value is -1.75. The summed E-state index contributed by atoms with van der Waals surface area (Å²) in [7, 11) is -8.63. The molecule has 3 aliphatic rings. The summed E-state index contributed by atoms with van der Waals surface area (Å²) in [5.74, 6) is 0.246. The fourth-order valence-electron chi connectivity index (χ4n) is 5.41. The van der Waals surface area contributed by atoms with Crippen molar-refractivity contribution >= 4 is 44.4 Å². The number of ether oxygens (including phenoxy) is 1. The van der Waals surface area contributed by atoms with Gasteiger partial charge in [-0.2, -0.15) is 0 Å². The van der Waals surface area contributed by atoms with Gasteiger partial charge >= 0.3 is 5.06 Å². The molecule has 0 bridgehead atoms. The van der Waals surface area contributed by atoms with Gasteiger partial charge in [0.15, 0.2) is 28.2 Å². The molecule has 0 aliphatic carbocycles. The Kier molecular flexibility index (Phi) is 9.17. The fraction of sp³-hybridized carbons (Fsp3) is 0.710. The standard InChI is InChI=1S/C31H52N4O6SSi2/c1-20-14-21(2)26(22(3)15-20)42(37,38)31(36)27-28(32-18-34-31)35(19-33-27)25-16-23(41-44(12,13)30(7,8)9)24(40-25)17-39-43(10,11)29(4,5)6/h14-15,18,23-25,36H,16-17,19H2,1-13H3/t23-,24+,25+,31?/m0/s1. The van der Waals surface area contributed by atoms with Gasteiger partial charge < -0.3 is 23.6 Å². The summed E-state index contributed by atoms with van der Waals surface area (Å²) in [6, 6.07) is 3.57. The number of rotatable bonds is 8. The summed E-state index contributed by atoms with van der Waals surface area (Å²) in [6.45, 7) is 28.0. The van der Waals surface area contributed by atoms with Crippen LogP contribution in [0.2, 0.25) is 36.3 Å². The number of fused-ring (bicyclic) bond motifs is 1. The molecular formula is C31H52N4O6SSi2. The number of benzene rings is 1. The van der Waals surface area contributed by atoms with Crippen LogP contribution in [0.25, 0.3) is 0 Å². The van der Waals surface area contributed by atoms with Gasteiger partial charge in [0.25, 0.3) is 0 Å². The van der Waals surface area contributed by atoms with E-state index >= 15 is 0 Å². The van der Waals surface area contributed by atoms with E-state index in [0.29, 0.717) is 24.2 Å². The lowest BCUT2D eigenvalue weighted by molar-refractivity contribution is -0.0520. The first kappa shape index (κ1) is 35.1. The van der Waals surface area contributed by atoms with Gasteiger partial charge in [-0.1, -0.05) is 59.2 Å². The minimum absolute atomic E-state index is 0.000851. The number of sulfone groups is 1. The lowest BCUT2D eigenvalue weighted by atomic mass is 10.1. The lowest BCUT2D eigenvalue weighted by Gasteiger charge is -2.40. The topological polar surface area (TPSA) is 122 Å². The SMILES string of the molecule is Cc1cc(C)c(S(=O)(=O)C2(O)N=CN=C3C2=NCN3[C@H]2C[C@H](O[Si](C)(C)C(C)(C)C)[C@@H](CO[Si](C)(C)C(C)(C)C)O2)c(C)c1. The molecule has 4 atom stereocenters. The largest absolute Gasteiger partial charge is 0.414 e. The van der Waals surface area contributed by atoms with Crippen molar-refractivity contribution in [3.63, 3.8) is 0 Å². The van der Waals surface area contributed by atoms with Gasteiger partial charge in [-0.05, 0) is 68.2 Å². The molecule has 44 heavy (non-hydrogen) atoms. The molecule has 3 heterocycles. The normalized spacial score (nSPS) is 26.6. The van der Waals surface area contributed by atoms with E-state index < -0.39 is 37.8 Å². The third kappa shape index (κ3) is 6.17. The molecule has 0 spiro atoms. The van der Waals surface area contributed by atoms with Crippen LogP contribution < -0.4 is 0 Å². The summed E-state index contributed by atoms with van der Waals surface area (Å²) in [5, 5.41) is 9.23. The molecule has 10 nitrogen and oxygen atoms in total. The zero-order valence-corrected chi connectivity index (χ0v) is 31.6. The van der Waals surface area contributed by atoms with Gasteiger partial charge in [-0.15, -0.1) is 0 Å². The van der Waals surface area contributed by atoms with Crippen molar-refractivity contribution in [3.8, 4) is 0 Å². The molecular weight excluding hydrogens is 613 g/mol. The van der Waals surface area contributed by atoms with Crippen molar-refractivity contribution in [2.24, 2.45) is 15.0 Å². The predicted octanol–water partition coefficient (Wildman–Crippen LogP) is 5.71. The Labute approximate surface area is 266 Å². The van der Waals surface area contributed by atoms with Gasteiger partial charge in [0, 0.05) is 6.42 Å². The van der Waals surface area contributed by atoms with Crippen molar-refractivity contribution in [1.29, 1.82) is 0 Å². The minimum atomic E-state index is -4.40. The van der Waals surface area contributed by atoms with Crippen LogP contribution in [-0.4, -0.2) is 89.7 Å². The van der Waals surface area contributed by atoms with Crippen molar-refractivity contribution in [3.05, 3.63) is 28.8 Å². The quantitative estimate of drug-likeness (QED) is 0.353. The average Bonchev–Trinajstić information content (AvgIpc) is 3.45. The van der Waals surface area contributed by atoms with Crippen molar-refractivity contribution in [1.82, 2.24) is 4.90 Å². The van der Waals surface area contributed by atoms with E-state index in [9.17, 15) is 13.5 Å². The van der Waals surface area contributed by atoms with Crippen molar-refractivity contribution < 1.29 is 27.1 Å². The van der Waals surface area contributed by atoms with E-state index in [4.69, 9.17) is 13.6 Å². The molecule has 4 rings (SSSR count). The molecule has 0 amide bonds. The van der Waals surface area contributed by atoms with Crippen LogP contribution in [0.15, 0.2) is 32.0 Å². The zero-order valence-electron chi connectivity index (χ0n) is 28.8. The maximum Gasteiger partial charge on any atom is 0.313 e. The first-order valence-corrected chi connectivity index (χ1v) is 22.7. The van der Waals surface area contributed by atoms with Crippen LogP contribution in [0, 0.1) is 20.8 Å². The summed E-state index contributed by atoms with van der Waals surface area (Å²) >= 11 is 0. The summed E-state index contributed by atoms with van der Waals surface area (Å²) in [6.07, 6.45) is 0.579. The molecule has 13 heteroatoms. The second-order valence-electron chi connectivity index (χ2n) is 15.5. The second kappa shape index (κ2) is 11.5. The number of nitrogens with zero attached hydrogens (tertiary/aromatic N) is 4. The molecule has 3 aliphatic heterocycles. The Balaban J connectivity index is 1.63. The van der Waals surface area contributed by atoms with Crippen LogP contribution in [0.5, 0.6) is 0 Å². The maximum absolute atomic E-state index is 14.1. The molecule has 246 valence electrons. The number of hydrogen-bond donors (Lipinski definition) is 1. The Morgan fingerprint density at radius 2 is 1.59 bits per heavy atom.